The van der Waals surface area contributed by atoms with E-state index in [4.69, 9.17) is 21.0 Å². The van der Waals surface area contributed by atoms with Crippen LogP contribution in [0.4, 0.5) is 0 Å². The SMILES string of the molecule is COc1ccc(-c2nn(-c3ccccc3)cc2CSC(=N)N)cc1. The van der Waals surface area contributed by atoms with Gasteiger partial charge in [-0.3, -0.25) is 5.41 Å². The molecule has 3 rings (SSSR count). The molecular formula is C18H18N4OS. The summed E-state index contributed by atoms with van der Waals surface area (Å²) in [6, 6.07) is 17.7. The van der Waals surface area contributed by atoms with Crippen molar-refractivity contribution in [2.24, 2.45) is 5.73 Å². The number of methoxy groups -OCH3 is 1. The van der Waals surface area contributed by atoms with E-state index in [-0.39, 0.29) is 5.17 Å². The Labute approximate surface area is 145 Å². The molecule has 1 heterocycles. The molecule has 1 aromatic heterocycles. The van der Waals surface area contributed by atoms with Crippen molar-refractivity contribution in [2.45, 2.75) is 5.75 Å². The van der Waals surface area contributed by atoms with Crippen LogP contribution in [0.5, 0.6) is 5.75 Å². The Balaban J connectivity index is 2.01. The molecular weight excluding hydrogens is 320 g/mol. The number of benzene rings is 2. The number of nitrogens with one attached hydrogen (secondary N) is 1. The topological polar surface area (TPSA) is 76.9 Å². The average Bonchev–Trinajstić information content (AvgIpc) is 3.05. The molecule has 2 aromatic carbocycles. The van der Waals surface area contributed by atoms with E-state index in [0.29, 0.717) is 5.75 Å². The van der Waals surface area contributed by atoms with Crippen LogP contribution in [0.15, 0.2) is 60.8 Å². The number of rotatable bonds is 5. The highest BCUT2D eigenvalue weighted by molar-refractivity contribution is 8.13. The van der Waals surface area contributed by atoms with Crippen LogP contribution in [0.25, 0.3) is 16.9 Å². The summed E-state index contributed by atoms with van der Waals surface area (Å²) in [7, 11) is 1.65. The first-order chi connectivity index (χ1) is 11.7. The predicted molar refractivity (Wildman–Crippen MR) is 98.8 cm³/mol. The van der Waals surface area contributed by atoms with Crippen molar-refractivity contribution in [3.63, 3.8) is 0 Å². The summed E-state index contributed by atoms with van der Waals surface area (Å²) in [5, 5.41) is 12.3. The van der Waals surface area contributed by atoms with Gasteiger partial charge in [0.05, 0.1) is 18.5 Å². The van der Waals surface area contributed by atoms with Crippen LogP contribution in [0.3, 0.4) is 0 Å². The van der Waals surface area contributed by atoms with Gasteiger partial charge in [-0.2, -0.15) is 5.10 Å². The molecule has 0 saturated heterocycles. The zero-order chi connectivity index (χ0) is 16.9. The quantitative estimate of drug-likeness (QED) is 0.549. The summed E-state index contributed by atoms with van der Waals surface area (Å²) in [5.41, 5.74) is 9.40. The summed E-state index contributed by atoms with van der Waals surface area (Å²) in [6.07, 6.45) is 1.99. The first kappa shape index (κ1) is 16.1. The summed E-state index contributed by atoms with van der Waals surface area (Å²) >= 11 is 1.29. The normalized spacial score (nSPS) is 10.5. The number of thioether (sulfide) groups is 1. The van der Waals surface area contributed by atoms with Crippen LogP contribution in [-0.4, -0.2) is 22.1 Å². The highest BCUT2D eigenvalue weighted by Gasteiger charge is 2.13. The maximum absolute atomic E-state index is 7.44. The lowest BCUT2D eigenvalue weighted by Crippen LogP contribution is -2.03. The van der Waals surface area contributed by atoms with Gasteiger partial charge in [0.1, 0.15) is 5.75 Å². The number of amidine groups is 1. The number of aromatic nitrogens is 2. The molecule has 5 nitrogen and oxygen atoms in total. The van der Waals surface area contributed by atoms with E-state index in [1.165, 1.54) is 11.8 Å². The Morgan fingerprint density at radius 2 is 1.88 bits per heavy atom. The molecule has 24 heavy (non-hydrogen) atoms. The number of hydrogen-bond donors (Lipinski definition) is 2. The molecule has 0 aliphatic rings. The average molecular weight is 338 g/mol. The van der Waals surface area contributed by atoms with Crippen LogP contribution in [0, 0.1) is 5.41 Å². The van der Waals surface area contributed by atoms with Gasteiger partial charge in [-0.1, -0.05) is 30.0 Å². The van der Waals surface area contributed by atoms with E-state index in [1.54, 1.807) is 7.11 Å². The first-order valence-electron chi connectivity index (χ1n) is 7.42. The fraction of sp³-hybridized carbons (Fsp3) is 0.111. The molecule has 0 saturated carbocycles. The maximum Gasteiger partial charge on any atom is 0.151 e. The van der Waals surface area contributed by atoms with Crippen LogP contribution < -0.4 is 10.5 Å². The van der Waals surface area contributed by atoms with E-state index in [9.17, 15) is 0 Å². The monoisotopic (exact) mass is 338 g/mol. The molecule has 0 bridgehead atoms. The zero-order valence-corrected chi connectivity index (χ0v) is 14.1. The van der Waals surface area contributed by atoms with Gasteiger partial charge in [0.25, 0.3) is 0 Å². The second-order valence-electron chi connectivity index (χ2n) is 5.16. The van der Waals surface area contributed by atoms with Crippen molar-refractivity contribution in [2.75, 3.05) is 7.11 Å². The van der Waals surface area contributed by atoms with Crippen molar-refractivity contribution in [3.8, 4) is 22.7 Å². The number of nitrogens with zero attached hydrogens (tertiary/aromatic N) is 2. The minimum absolute atomic E-state index is 0.100. The predicted octanol–water partition coefficient (Wildman–Crippen LogP) is 3.67. The van der Waals surface area contributed by atoms with Crippen molar-refractivity contribution in [3.05, 3.63) is 66.4 Å². The molecule has 0 spiro atoms. The van der Waals surface area contributed by atoms with E-state index in [1.807, 2.05) is 65.5 Å². The number of nitrogens with two attached hydrogens (primary N) is 1. The Kier molecular flexibility index (Phi) is 4.86. The van der Waals surface area contributed by atoms with Gasteiger partial charge in [-0.05, 0) is 36.4 Å². The molecule has 122 valence electrons. The van der Waals surface area contributed by atoms with Gasteiger partial charge >= 0.3 is 0 Å². The molecule has 0 aliphatic heterocycles. The van der Waals surface area contributed by atoms with Crippen molar-refractivity contribution >= 4 is 16.9 Å². The lowest BCUT2D eigenvalue weighted by molar-refractivity contribution is 0.415. The Hall–Kier alpha value is -2.73. The summed E-state index contributed by atoms with van der Waals surface area (Å²) < 4.78 is 7.07. The lowest BCUT2D eigenvalue weighted by Gasteiger charge is -2.04. The molecule has 0 atom stereocenters. The van der Waals surface area contributed by atoms with Gasteiger partial charge in [-0.25, -0.2) is 4.68 Å². The number of hydrogen-bond acceptors (Lipinski definition) is 4. The van der Waals surface area contributed by atoms with Gasteiger partial charge in [0, 0.05) is 23.1 Å². The fourth-order valence-corrected chi connectivity index (χ4v) is 2.90. The molecule has 0 unspecified atom stereocenters. The summed E-state index contributed by atoms with van der Waals surface area (Å²) in [5.74, 6) is 1.41. The molecule has 0 fully saturated rings. The van der Waals surface area contributed by atoms with Crippen molar-refractivity contribution in [1.82, 2.24) is 9.78 Å². The van der Waals surface area contributed by atoms with Crippen LogP contribution >= 0.6 is 11.8 Å². The highest BCUT2D eigenvalue weighted by atomic mass is 32.2. The largest absolute Gasteiger partial charge is 0.497 e. The van der Waals surface area contributed by atoms with Gasteiger partial charge < -0.3 is 10.5 Å². The third-order valence-corrected chi connectivity index (χ3v) is 4.32. The molecule has 3 N–H and O–H groups in total. The fourth-order valence-electron chi connectivity index (χ4n) is 2.38. The highest BCUT2D eigenvalue weighted by Crippen LogP contribution is 2.28. The first-order valence-corrected chi connectivity index (χ1v) is 8.41. The molecule has 3 aromatic rings. The maximum atomic E-state index is 7.44. The number of ether oxygens (including phenoxy) is 1. The van der Waals surface area contributed by atoms with E-state index < -0.39 is 0 Å². The van der Waals surface area contributed by atoms with Crippen LogP contribution in [-0.2, 0) is 5.75 Å². The second-order valence-corrected chi connectivity index (χ2v) is 6.18. The summed E-state index contributed by atoms with van der Waals surface area (Å²) in [4.78, 5) is 0. The van der Waals surface area contributed by atoms with E-state index in [0.717, 1.165) is 28.3 Å². The number of para-hydroxylation sites is 1. The van der Waals surface area contributed by atoms with Gasteiger partial charge in [-0.15, -0.1) is 0 Å². The van der Waals surface area contributed by atoms with E-state index >= 15 is 0 Å². The Morgan fingerprint density at radius 1 is 1.17 bits per heavy atom. The third-order valence-electron chi connectivity index (χ3n) is 3.56. The third kappa shape index (κ3) is 3.60. The zero-order valence-electron chi connectivity index (χ0n) is 13.3. The van der Waals surface area contributed by atoms with Crippen LogP contribution in [0.2, 0.25) is 0 Å². The standard InChI is InChI=1S/C18H18N4OS/c1-23-16-9-7-13(8-10-16)17-14(12-24-18(19)20)11-22(21-17)15-5-3-2-4-6-15/h2-11H,12H2,1H3,(H3,19,20). The minimum Gasteiger partial charge on any atom is -0.497 e. The molecule has 0 aliphatic carbocycles. The van der Waals surface area contributed by atoms with Crippen molar-refractivity contribution < 1.29 is 4.74 Å². The van der Waals surface area contributed by atoms with Gasteiger partial charge in [0.2, 0.25) is 0 Å². The molecule has 6 heteroatoms. The van der Waals surface area contributed by atoms with Gasteiger partial charge in [0.15, 0.2) is 5.17 Å². The Bertz CT molecular complexity index is 828. The summed E-state index contributed by atoms with van der Waals surface area (Å²) in [6.45, 7) is 0. The second kappa shape index (κ2) is 7.23. The lowest BCUT2D eigenvalue weighted by atomic mass is 10.1. The minimum atomic E-state index is 0.100. The molecule has 0 amide bonds. The van der Waals surface area contributed by atoms with Crippen LogP contribution in [0.1, 0.15) is 5.56 Å². The molecule has 0 radical (unpaired) electrons. The Morgan fingerprint density at radius 3 is 2.50 bits per heavy atom. The smallest absolute Gasteiger partial charge is 0.151 e. The van der Waals surface area contributed by atoms with E-state index in [2.05, 4.69) is 0 Å². The van der Waals surface area contributed by atoms with Crippen molar-refractivity contribution in [1.29, 1.82) is 5.41 Å².